The maximum absolute atomic E-state index is 7.01. The molecule has 0 atom stereocenters. The average Bonchev–Trinajstić information content (AvgIpc) is 2.92. The first kappa shape index (κ1) is 38.2. The summed E-state index contributed by atoms with van der Waals surface area (Å²) in [6, 6.07) is 3.96. The molecule has 4 aromatic carbocycles. The van der Waals surface area contributed by atoms with Crippen LogP contribution in [0.4, 0.5) is 0 Å². The van der Waals surface area contributed by atoms with Crippen LogP contribution >= 0.6 is 255 Å². The summed E-state index contributed by atoms with van der Waals surface area (Å²) >= 11 is 59.9. The molecule has 0 heterocycles. The summed E-state index contributed by atoms with van der Waals surface area (Å²) in [5.74, 6) is 1.10. The van der Waals surface area contributed by atoms with E-state index in [1.54, 1.807) is 0 Å². The molecule has 0 aliphatic heterocycles. The van der Waals surface area contributed by atoms with Gasteiger partial charge in [0.25, 0.3) is 0 Å². The van der Waals surface area contributed by atoms with E-state index in [-0.39, 0.29) is 0 Å². The number of rotatable bonds is 4. The molecule has 0 aliphatic carbocycles. The second-order valence-electron chi connectivity index (χ2n) is 7.71. The summed E-state index contributed by atoms with van der Waals surface area (Å²) in [7, 11) is 0. The highest BCUT2D eigenvalue weighted by molar-refractivity contribution is 9.16. The fraction of sp³-hybridized carbons (Fsp3) is 0. The number of hydrogen-bond donors (Lipinski definition) is 0. The van der Waals surface area contributed by atoms with E-state index in [1.165, 1.54) is 0 Å². The molecule has 0 unspecified atom stereocenters. The van der Waals surface area contributed by atoms with Crippen LogP contribution in [0.2, 0.25) is 0 Å². The van der Waals surface area contributed by atoms with E-state index in [9.17, 15) is 0 Å². The van der Waals surface area contributed by atoms with Crippen molar-refractivity contribution in [3.8, 4) is 33.8 Å². The molecule has 0 amide bonds. The van der Waals surface area contributed by atoms with Crippen molar-refractivity contribution in [1.82, 2.24) is 0 Å². The highest BCUT2D eigenvalue weighted by Crippen LogP contribution is 2.60. The number of hydrogen-bond acceptors (Lipinski definition) is 1. The zero-order valence-electron chi connectivity index (χ0n) is 18.6. The van der Waals surface area contributed by atoms with Crippen molar-refractivity contribution in [1.29, 1.82) is 0 Å². The number of halogens is 16. The maximum Gasteiger partial charge on any atom is 0.151 e. The third-order valence-electron chi connectivity index (χ3n) is 5.38. The van der Waals surface area contributed by atoms with Crippen LogP contribution in [0.25, 0.3) is 22.3 Å². The quantitative estimate of drug-likeness (QED) is 0.146. The van der Waals surface area contributed by atoms with Crippen LogP contribution in [0.3, 0.4) is 0 Å². The number of ether oxygens (including phenoxy) is 1. The normalized spacial score (nSPS) is 11.4. The van der Waals surface area contributed by atoms with Crippen LogP contribution in [-0.2, 0) is 0 Å². The van der Waals surface area contributed by atoms with Crippen molar-refractivity contribution in [2.45, 2.75) is 0 Å². The van der Waals surface area contributed by atoms with E-state index in [4.69, 9.17) is 4.74 Å². The zero-order chi connectivity index (χ0) is 30.8. The molecule has 216 valence electrons. The summed E-state index contributed by atoms with van der Waals surface area (Å²) in [6.07, 6.45) is 0. The van der Waals surface area contributed by atoms with Crippen molar-refractivity contribution < 1.29 is 4.74 Å². The van der Waals surface area contributed by atoms with E-state index >= 15 is 0 Å². The molecule has 0 saturated carbocycles. The van der Waals surface area contributed by atoms with Crippen LogP contribution in [0, 0.1) is 0 Å². The highest BCUT2D eigenvalue weighted by Gasteiger charge is 2.31. The van der Waals surface area contributed by atoms with Gasteiger partial charge in [0.2, 0.25) is 0 Å². The summed E-state index contributed by atoms with van der Waals surface area (Å²) in [4.78, 5) is 0. The van der Waals surface area contributed by atoms with Crippen LogP contribution < -0.4 is 4.74 Å². The van der Waals surface area contributed by atoms with E-state index in [0.29, 0.717) is 20.4 Å². The van der Waals surface area contributed by atoms with E-state index < -0.39 is 0 Å². The lowest BCUT2D eigenvalue weighted by atomic mass is 10.0. The predicted molar refractivity (Wildman–Crippen MR) is 227 cm³/mol. The van der Waals surface area contributed by atoms with Gasteiger partial charge >= 0.3 is 0 Å². The first-order valence-electron chi connectivity index (χ1n) is 10.1. The molecule has 0 aliphatic rings. The Morgan fingerprint density at radius 3 is 0.854 bits per heavy atom. The second kappa shape index (κ2) is 15.5. The largest absolute Gasteiger partial charge is 0.454 e. The lowest BCUT2D eigenvalue weighted by Crippen LogP contribution is -2.00. The van der Waals surface area contributed by atoms with Gasteiger partial charge in [0.1, 0.15) is 0 Å². The highest BCUT2D eigenvalue weighted by atomic mass is 79.9. The van der Waals surface area contributed by atoms with Gasteiger partial charge in [-0.15, -0.1) is 0 Å². The molecule has 17 heteroatoms. The van der Waals surface area contributed by atoms with Crippen molar-refractivity contribution >= 4 is 255 Å². The topological polar surface area (TPSA) is 9.23 Å². The minimum absolute atomic E-state index is 0.550. The molecule has 0 aromatic heterocycles. The average molecular weight is 1580 g/mol. The number of benzene rings is 4. The summed E-state index contributed by atoms with van der Waals surface area (Å²) in [5.41, 5.74) is 3.28. The Balaban J connectivity index is 2.18. The molecule has 41 heavy (non-hydrogen) atoms. The van der Waals surface area contributed by atoms with Gasteiger partial charge < -0.3 is 4.74 Å². The molecule has 4 rings (SSSR count). The van der Waals surface area contributed by atoms with Gasteiger partial charge in [-0.1, -0.05) is 31.9 Å². The maximum atomic E-state index is 7.01. The Morgan fingerprint density at radius 1 is 0.268 bits per heavy atom. The Kier molecular flexibility index (Phi) is 14.4. The Bertz CT molecular complexity index is 1650. The molecule has 4 aromatic rings. The lowest BCUT2D eigenvalue weighted by Gasteiger charge is -2.24. The van der Waals surface area contributed by atoms with Crippen molar-refractivity contribution in [2.75, 3.05) is 0 Å². The van der Waals surface area contributed by atoms with Gasteiger partial charge in [-0.3, -0.25) is 0 Å². The summed E-state index contributed by atoms with van der Waals surface area (Å²) < 4.78 is 19.9. The first-order chi connectivity index (χ1) is 19.0. The predicted octanol–water partition coefficient (Wildman–Crippen LogP) is 19.0. The molecular weight excluding hydrogens is 1580 g/mol. The van der Waals surface area contributed by atoms with Crippen LogP contribution in [0.5, 0.6) is 11.5 Å². The van der Waals surface area contributed by atoms with Crippen LogP contribution in [0.1, 0.15) is 0 Å². The summed E-state index contributed by atoms with van der Waals surface area (Å²) in [6.45, 7) is 0. The fourth-order valence-corrected chi connectivity index (χ4v) is 13.9. The van der Waals surface area contributed by atoms with Crippen molar-refractivity contribution in [3.63, 3.8) is 0 Å². The molecular formula is C24H2Br16O. The summed E-state index contributed by atoms with van der Waals surface area (Å²) in [5, 5.41) is 0. The molecule has 0 saturated heterocycles. The molecule has 0 N–H and O–H groups in total. The van der Waals surface area contributed by atoms with Gasteiger partial charge in [-0.2, -0.15) is 0 Å². The molecule has 0 radical (unpaired) electrons. The molecule has 1 nitrogen and oxygen atoms in total. The monoisotopic (exact) mass is 1570 g/mol. The lowest BCUT2D eigenvalue weighted by molar-refractivity contribution is 0.478. The Hall–Kier alpha value is 4.36. The van der Waals surface area contributed by atoms with Gasteiger partial charge in [0, 0.05) is 75.9 Å². The fourth-order valence-electron chi connectivity index (χ4n) is 3.55. The molecule has 0 bridgehead atoms. The van der Waals surface area contributed by atoms with Crippen LogP contribution in [0.15, 0.2) is 83.7 Å². The molecule has 0 spiro atoms. The molecule has 0 fully saturated rings. The van der Waals surface area contributed by atoms with Gasteiger partial charge in [-0.05, 0) is 235 Å². The minimum atomic E-state index is 0.550. The van der Waals surface area contributed by atoms with E-state index in [2.05, 4.69) is 255 Å². The van der Waals surface area contributed by atoms with E-state index in [0.717, 1.165) is 84.9 Å². The zero-order valence-corrected chi connectivity index (χ0v) is 44.0. The third-order valence-corrected chi connectivity index (χ3v) is 22.7. The Labute approximate surface area is 370 Å². The van der Waals surface area contributed by atoms with Crippen molar-refractivity contribution in [2.24, 2.45) is 0 Å². The van der Waals surface area contributed by atoms with Crippen molar-refractivity contribution in [3.05, 3.63) is 83.7 Å². The van der Waals surface area contributed by atoms with Gasteiger partial charge in [-0.25, -0.2) is 0 Å². The van der Waals surface area contributed by atoms with Gasteiger partial charge in [0.15, 0.2) is 11.5 Å². The van der Waals surface area contributed by atoms with Crippen LogP contribution in [-0.4, -0.2) is 0 Å². The first-order valence-corrected chi connectivity index (χ1v) is 22.8. The SMILES string of the molecule is Brc1cc(Br)c(-c2c(Br)c(Br)c(Br)c(Br)c2Oc2c(Br)c(Br)c(Br)c(Br)c2-c2c(Br)cc(Br)c(Br)c2Br)c(Br)c1Br. The smallest absolute Gasteiger partial charge is 0.151 e. The standard InChI is InChI=1S/C24H2Br16O/c25-3-1-5(27)11(29)13(31)7(3)9-15(33)17(35)19(37)21(39)23(9)41-24-10(16(34)18(36)20(38)22(24)40)8-4(26)2-6(28)12(30)14(8)32/h1-2H. The third kappa shape index (κ3) is 7.31. The minimum Gasteiger partial charge on any atom is -0.454 e. The van der Waals surface area contributed by atoms with E-state index in [1.807, 2.05) is 12.1 Å². The second-order valence-corrected chi connectivity index (χ2v) is 20.6. The Morgan fingerprint density at radius 2 is 0.537 bits per heavy atom. The van der Waals surface area contributed by atoms with Gasteiger partial charge in [0.05, 0.1) is 17.9 Å².